The molecule has 1 aromatic rings. The number of esters is 1. The van der Waals surface area contributed by atoms with E-state index in [1.165, 1.54) is 32.4 Å². The molecule has 0 heterocycles. The van der Waals surface area contributed by atoms with Crippen LogP contribution in [0.4, 0.5) is 4.39 Å². The van der Waals surface area contributed by atoms with E-state index in [4.69, 9.17) is 0 Å². The average Bonchev–Trinajstić information content (AvgIpc) is 2.31. The number of nitrogens with zero attached hydrogens (tertiary/aromatic N) is 1. The fourth-order valence-electron chi connectivity index (χ4n) is 1.20. The van der Waals surface area contributed by atoms with Gasteiger partial charge in [0.15, 0.2) is 0 Å². The van der Waals surface area contributed by atoms with Gasteiger partial charge in [0.1, 0.15) is 12.4 Å². The number of amides is 1. The Morgan fingerprint density at radius 2 is 2.12 bits per heavy atom. The minimum Gasteiger partial charge on any atom is -0.468 e. The van der Waals surface area contributed by atoms with Gasteiger partial charge in [0.25, 0.3) is 5.91 Å². The van der Waals surface area contributed by atoms with Crippen molar-refractivity contribution in [3.63, 3.8) is 0 Å². The van der Waals surface area contributed by atoms with Crippen molar-refractivity contribution in [3.05, 3.63) is 34.1 Å². The first-order valence-electron chi connectivity index (χ1n) is 4.73. The van der Waals surface area contributed by atoms with E-state index in [0.717, 1.165) is 4.90 Å². The van der Waals surface area contributed by atoms with Gasteiger partial charge in [0, 0.05) is 11.5 Å². The highest BCUT2D eigenvalue weighted by molar-refractivity contribution is 9.10. The maximum Gasteiger partial charge on any atom is 0.325 e. The van der Waals surface area contributed by atoms with Gasteiger partial charge in [-0.3, -0.25) is 9.59 Å². The van der Waals surface area contributed by atoms with Crippen LogP contribution in [-0.4, -0.2) is 37.5 Å². The number of halogens is 2. The third-order valence-electron chi connectivity index (χ3n) is 2.10. The van der Waals surface area contributed by atoms with Crippen LogP contribution in [0.5, 0.6) is 0 Å². The number of benzene rings is 1. The van der Waals surface area contributed by atoms with Gasteiger partial charge >= 0.3 is 5.97 Å². The molecule has 0 fully saturated rings. The van der Waals surface area contributed by atoms with Crippen molar-refractivity contribution in [2.75, 3.05) is 20.7 Å². The Morgan fingerprint density at radius 3 is 2.71 bits per heavy atom. The van der Waals surface area contributed by atoms with Crippen LogP contribution in [-0.2, 0) is 9.53 Å². The van der Waals surface area contributed by atoms with Crippen molar-refractivity contribution in [2.45, 2.75) is 0 Å². The number of carbonyl (C=O) groups is 2. The van der Waals surface area contributed by atoms with E-state index in [0.29, 0.717) is 4.47 Å². The lowest BCUT2D eigenvalue weighted by atomic mass is 10.2. The minimum atomic E-state index is -0.630. The molecule has 1 aromatic carbocycles. The van der Waals surface area contributed by atoms with E-state index in [2.05, 4.69) is 20.7 Å². The second-order valence-electron chi connectivity index (χ2n) is 3.36. The quantitative estimate of drug-likeness (QED) is 0.801. The summed E-state index contributed by atoms with van der Waals surface area (Å²) in [6.45, 7) is -0.221. The molecule has 0 aliphatic carbocycles. The van der Waals surface area contributed by atoms with Crippen LogP contribution in [0.3, 0.4) is 0 Å². The van der Waals surface area contributed by atoms with E-state index in [1.54, 1.807) is 0 Å². The van der Waals surface area contributed by atoms with Crippen LogP contribution >= 0.6 is 15.9 Å². The molecule has 17 heavy (non-hydrogen) atoms. The third kappa shape index (κ3) is 3.52. The van der Waals surface area contributed by atoms with Crippen LogP contribution in [0.15, 0.2) is 22.7 Å². The standard InChI is InChI=1S/C11H11BrFNO3/c1-14(6-10(15)17-2)11(16)8-5-7(12)3-4-9(8)13/h3-5H,6H2,1-2H3. The van der Waals surface area contributed by atoms with Crippen molar-refractivity contribution in [1.82, 2.24) is 4.90 Å². The average molecular weight is 304 g/mol. The Bertz CT molecular complexity index is 450. The van der Waals surface area contributed by atoms with Crippen molar-refractivity contribution >= 4 is 27.8 Å². The van der Waals surface area contributed by atoms with Crippen molar-refractivity contribution in [1.29, 1.82) is 0 Å². The highest BCUT2D eigenvalue weighted by Crippen LogP contribution is 2.16. The zero-order chi connectivity index (χ0) is 13.0. The number of methoxy groups -OCH3 is 1. The van der Waals surface area contributed by atoms with Gasteiger partial charge in [0.05, 0.1) is 12.7 Å². The summed E-state index contributed by atoms with van der Waals surface area (Å²) in [6, 6.07) is 4.04. The van der Waals surface area contributed by atoms with Gasteiger partial charge in [-0.15, -0.1) is 0 Å². The topological polar surface area (TPSA) is 46.6 Å². The molecule has 1 rings (SSSR count). The van der Waals surface area contributed by atoms with Crippen molar-refractivity contribution < 1.29 is 18.7 Å². The summed E-state index contributed by atoms with van der Waals surface area (Å²) in [7, 11) is 2.62. The van der Waals surface area contributed by atoms with E-state index in [9.17, 15) is 14.0 Å². The SMILES string of the molecule is COC(=O)CN(C)C(=O)c1cc(Br)ccc1F. The van der Waals surface area contributed by atoms with E-state index in [1.807, 2.05) is 0 Å². The van der Waals surface area contributed by atoms with E-state index >= 15 is 0 Å². The Labute approximate surface area is 106 Å². The summed E-state index contributed by atoms with van der Waals surface area (Å²) in [5.74, 6) is -1.76. The summed E-state index contributed by atoms with van der Waals surface area (Å²) in [6.07, 6.45) is 0. The summed E-state index contributed by atoms with van der Waals surface area (Å²) >= 11 is 3.15. The first-order valence-corrected chi connectivity index (χ1v) is 5.52. The molecule has 0 atom stereocenters. The molecule has 0 saturated carbocycles. The smallest absolute Gasteiger partial charge is 0.325 e. The lowest BCUT2D eigenvalue weighted by molar-refractivity contribution is -0.141. The highest BCUT2D eigenvalue weighted by Gasteiger charge is 2.18. The molecular weight excluding hydrogens is 293 g/mol. The number of likely N-dealkylation sites (N-methyl/N-ethyl adjacent to an activating group) is 1. The zero-order valence-electron chi connectivity index (χ0n) is 9.37. The summed E-state index contributed by atoms with van der Waals surface area (Å²) in [4.78, 5) is 23.9. The molecule has 92 valence electrons. The number of hydrogen-bond acceptors (Lipinski definition) is 3. The van der Waals surface area contributed by atoms with Crippen LogP contribution in [0.1, 0.15) is 10.4 Å². The largest absolute Gasteiger partial charge is 0.468 e. The van der Waals surface area contributed by atoms with Crippen LogP contribution in [0.25, 0.3) is 0 Å². The molecule has 0 saturated heterocycles. The molecule has 0 radical (unpaired) electrons. The number of carbonyl (C=O) groups excluding carboxylic acids is 2. The van der Waals surface area contributed by atoms with Crippen molar-refractivity contribution in [2.24, 2.45) is 0 Å². The minimum absolute atomic E-state index is 0.0919. The first-order chi connectivity index (χ1) is 7.95. The molecule has 4 nitrogen and oxygen atoms in total. The monoisotopic (exact) mass is 303 g/mol. The maximum absolute atomic E-state index is 13.4. The summed E-state index contributed by atoms with van der Waals surface area (Å²) in [5.41, 5.74) is -0.0919. The van der Waals surface area contributed by atoms with Crippen LogP contribution in [0, 0.1) is 5.82 Å². The lowest BCUT2D eigenvalue weighted by Crippen LogP contribution is -2.33. The van der Waals surface area contributed by atoms with Gasteiger partial charge in [-0.2, -0.15) is 0 Å². The lowest BCUT2D eigenvalue weighted by Gasteiger charge is -2.16. The molecule has 0 unspecified atom stereocenters. The Balaban J connectivity index is 2.88. The fraction of sp³-hybridized carbons (Fsp3) is 0.273. The predicted molar refractivity (Wildman–Crippen MR) is 63.1 cm³/mol. The van der Waals surface area contributed by atoms with E-state index < -0.39 is 17.7 Å². The Morgan fingerprint density at radius 1 is 1.47 bits per heavy atom. The van der Waals surface area contributed by atoms with Gasteiger partial charge < -0.3 is 9.64 Å². The maximum atomic E-state index is 13.4. The number of ether oxygens (including phenoxy) is 1. The third-order valence-corrected chi connectivity index (χ3v) is 2.59. The molecular formula is C11H11BrFNO3. The summed E-state index contributed by atoms with van der Waals surface area (Å²) < 4.78 is 18.4. The zero-order valence-corrected chi connectivity index (χ0v) is 11.0. The van der Waals surface area contributed by atoms with Gasteiger partial charge in [-0.25, -0.2) is 4.39 Å². The van der Waals surface area contributed by atoms with E-state index in [-0.39, 0.29) is 12.1 Å². The normalized spacial score (nSPS) is 9.88. The molecule has 0 spiro atoms. The number of rotatable bonds is 3. The van der Waals surface area contributed by atoms with Crippen LogP contribution in [0.2, 0.25) is 0 Å². The Hall–Kier alpha value is -1.43. The summed E-state index contributed by atoms with van der Waals surface area (Å²) in [5, 5.41) is 0. The predicted octanol–water partition coefficient (Wildman–Crippen LogP) is 1.83. The second kappa shape index (κ2) is 5.77. The molecule has 0 aliphatic heterocycles. The highest BCUT2D eigenvalue weighted by atomic mass is 79.9. The fourth-order valence-corrected chi connectivity index (χ4v) is 1.56. The molecule has 0 aliphatic rings. The van der Waals surface area contributed by atoms with Gasteiger partial charge in [0.2, 0.25) is 0 Å². The second-order valence-corrected chi connectivity index (χ2v) is 4.28. The van der Waals surface area contributed by atoms with Gasteiger partial charge in [-0.1, -0.05) is 15.9 Å². The molecule has 0 aromatic heterocycles. The Kier molecular flexibility index (Phi) is 4.62. The molecule has 6 heteroatoms. The molecule has 0 bridgehead atoms. The number of hydrogen-bond donors (Lipinski definition) is 0. The van der Waals surface area contributed by atoms with Crippen molar-refractivity contribution in [3.8, 4) is 0 Å². The first kappa shape index (κ1) is 13.6. The molecule has 0 N–H and O–H groups in total. The molecule has 1 amide bonds. The van der Waals surface area contributed by atoms with Crippen LogP contribution < -0.4 is 0 Å². The van der Waals surface area contributed by atoms with Gasteiger partial charge in [-0.05, 0) is 18.2 Å².